The second-order valence-electron chi connectivity index (χ2n) is 4.34. The molecule has 6 heteroatoms. The quantitative estimate of drug-likeness (QED) is 0.567. The van der Waals surface area contributed by atoms with E-state index >= 15 is 0 Å². The molecule has 0 amide bonds. The summed E-state index contributed by atoms with van der Waals surface area (Å²) in [4.78, 5) is 23.6. The van der Waals surface area contributed by atoms with E-state index in [0.29, 0.717) is 5.75 Å². The van der Waals surface area contributed by atoms with E-state index in [2.05, 4.69) is 10.1 Å². The van der Waals surface area contributed by atoms with Crippen LogP contribution >= 0.6 is 10.9 Å². The number of thiol groups is 1. The van der Waals surface area contributed by atoms with E-state index in [4.69, 9.17) is 5.11 Å². The molecular weight excluding hydrogens is 266 g/mol. The van der Waals surface area contributed by atoms with Crippen LogP contribution in [0.3, 0.4) is 0 Å². The van der Waals surface area contributed by atoms with Crippen LogP contribution in [0.25, 0.3) is 0 Å². The monoisotopic (exact) mass is 283 g/mol. The van der Waals surface area contributed by atoms with E-state index in [1.54, 1.807) is 0 Å². The van der Waals surface area contributed by atoms with Crippen molar-refractivity contribution in [2.45, 2.75) is 22.7 Å². The molecule has 19 heavy (non-hydrogen) atoms. The fourth-order valence-electron chi connectivity index (χ4n) is 2.16. The third kappa shape index (κ3) is 3.27. The molecule has 0 saturated carbocycles. The summed E-state index contributed by atoms with van der Waals surface area (Å²) in [6.45, 7) is 0. The number of esters is 1. The zero-order valence-electron chi connectivity index (χ0n) is 10.6. The number of rotatable bonds is 4. The predicted octanol–water partition coefficient (Wildman–Crippen LogP) is 0.992. The van der Waals surface area contributed by atoms with Gasteiger partial charge in [-0.2, -0.15) is 0 Å². The summed E-state index contributed by atoms with van der Waals surface area (Å²) in [5.41, 5.74) is 0. The van der Waals surface area contributed by atoms with Crippen molar-refractivity contribution >= 4 is 22.8 Å². The van der Waals surface area contributed by atoms with Gasteiger partial charge in [-0.15, -0.1) is 0 Å². The molecule has 104 valence electrons. The van der Waals surface area contributed by atoms with E-state index in [0.717, 1.165) is 4.90 Å². The van der Waals surface area contributed by atoms with Crippen molar-refractivity contribution in [2.24, 2.45) is 0 Å². The van der Waals surface area contributed by atoms with Gasteiger partial charge in [0.2, 0.25) is 0 Å². The molecule has 3 unspecified atom stereocenters. The number of carbonyl (C=O) groups is 2. The lowest BCUT2D eigenvalue weighted by atomic mass is 10.3. The lowest BCUT2D eigenvalue weighted by molar-refractivity contribution is -0.142. The third-order valence-corrected chi connectivity index (χ3v) is 5.93. The molecule has 3 atom stereocenters. The number of hydrogen-bond donors (Lipinski definition) is 3. The van der Waals surface area contributed by atoms with E-state index in [-0.39, 0.29) is 17.8 Å². The highest BCUT2D eigenvalue weighted by atomic mass is 32.2. The zero-order chi connectivity index (χ0) is 13.8. The fraction of sp³-hybridized carbons (Fsp3) is 0.385. The maximum Gasteiger partial charge on any atom is 0.321 e. The van der Waals surface area contributed by atoms with Crippen molar-refractivity contribution in [3.63, 3.8) is 0 Å². The van der Waals surface area contributed by atoms with Gasteiger partial charge in [-0.25, -0.2) is 10.9 Å². The van der Waals surface area contributed by atoms with Crippen LogP contribution in [-0.2, 0) is 14.3 Å². The Labute approximate surface area is 114 Å². The molecule has 1 aromatic carbocycles. The molecule has 1 saturated heterocycles. The number of benzene rings is 1. The van der Waals surface area contributed by atoms with Gasteiger partial charge in [0, 0.05) is 5.75 Å². The Morgan fingerprint density at radius 1 is 1.42 bits per heavy atom. The van der Waals surface area contributed by atoms with Crippen LogP contribution in [-0.4, -0.2) is 41.3 Å². The molecule has 5 nitrogen and oxygen atoms in total. The van der Waals surface area contributed by atoms with Crippen LogP contribution in [0.5, 0.6) is 0 Å². The SMILES string of the molecule is COC(=O)CC1NC(C(=O)O)C[SH]1c1ccccc1. The highest BCUT2D eigenvalue weighted by molar-refractivity contribution is 8.17. The smallest absolute Gasteiger partial charge is 0.321 e. The van der Waals surface area contributed by atoms with Gasteiger partial charge in [-0.3, -0.25) is 14.9 Å². The number of carboxylic acid groups (broad SMARTS) is 1. The number of nitrogens with one attached hydrogen (secondary N) is 1. The molecule has 0 radical (unpaired) electrons. The predicted molar refractivity (Wildman–Crippen MR) is 73.5 cm³/mol. The first kappa shape index (κ1) is 13.9. The number of aliphatic carboxylic acids is 1. The highest BCUT2D eigenvalue weighted by Gasteiger charge is 2.36. The van der Waals surface area contributed by atoms with Crippen molar-refractivity contribution in [1.29, 1.82) is 0 Å². The first-order chi connectivity index (χ1) is 9.11. The first-order valence-electron chi connectivity index (χ1n) is 5.99. The van der Waals surface area contributed by atoms with Gasteiger partial charge in [-0.05, 0) is 4.90 Å². The summed E-state index contributed by atoms with van der Waals surface area (Å²) >= 11 is 0. The summed E-state index contributed by atoms with van der Waals surface area (Å²) in [5.74, 6) is -0.626. The topological polar surface area (TPSA) is 75.6 Å². The minimum atomic E-state index is -0.865. The second kappa shape index (κ2) is 6.08. The second-order valence-corrected chi connectivity index (χ2v) is 6.79. The average Bonchev–Trinajstić information content (AvgIpc) is 2.83. The van der Waals surface area contributed by atoms with Crippen molar-refractivity contribution < 1.29 is 19.4 Å². The molecule has 0 aromatic heterocycles. The van der Waals surface area contributed by atoms with Crippen LogP contribution < -0.4 is 5.32 Å². The number of carbonyl (C=O) groups excluding carboxylic acids is 1. The van der Waals surface area contributed by atoms with Gasteiger partial charge in [0.15, 0.2) is 0 Å². The third-order valence-electron chi connectivity index (χ3n) is 3.12. The lowest BCUT2D eigenvalue weighted by Crippen LogP contribution is -2.37. The Balaban J connectivity index is 2.17. The number of hydrogen-bond acceptors (Lipinski definition) is 4. The van der Waals surface area contributed by atoms with E-state index in [1.807, 2.05) is 30.3 Å². The summed E-state index contributed by atoms with van der Waals surface area (Å²) in [6, 6.07) is 9.18. The molecule has 0 bridgehead atoms. The fourth-order valence-corrected chi connectivity index (χ4v) is 4.93. The van der Waals surface area contributed by atoms with Crippen LogP contribution in [0.15, 0.2) is 35.2 Å². The van der Waals surface area contributed by atoms with E-state index in [9.17, 15) is 9.59 Å². The molecule has 1 fully saturated rings. The molecule has 2 N–H and O–H groups in total. The molecular formula is C13H17NO4S. The van der Waals surface area contributed by atoms with Crippen molar-refractivity contribution in [3.05, 3.63) is 30.3 Å². The molecule has 0 aliphatic carbocycles. The molecule has 0 spiro atoms. The Bertz CT molecular complexity index is 465. The Morgan fingerprint density at radius 3 is 2.68 bits per heavy atom. The average molecular weight is 283 g/mol. The van der Waals surface area contributed by atoms with Gasteiger partial charge in [-0.1, -0.05) is 30.3 Å². The van der Waals surface area contributed by atoms with Gasteiger partial charge in [0.1, 0.15) is 6.04 Å². The molecule has 1 aromatic rings. The maximum absolute atomic E-state index is 11.4. The maximum atomic E-state index is 11.4. The minimum Gasteiger partial charge on any atom is -0.480 e. The minimum absolute atomic E-state index is 0.133. The number of methoxy groups -OCH3 is 1. The van der Waals surface area contributed by atoms with Crippen molar-refractivity contribution in [2.75, 3.05) is 12.9 Å². The van der Waals surface area contributed by atoms with Crippen LogP contribution in [0, 0.1) is 0 Å². The Morgan fingerprint density at radius 2 is 2.11 bits per heavy atom. The highest BCUT2D eigenvalue weighted by Crippen LogP contribution is 2.45. The summed E-state index contributed by atoms with van der Waals surface area (Å²) < 4.78 is 4.68. The molecule has 1 aliphatic rings. The molecule has 1 aliphatic heterocycles. The Hall–Kier alpha value is -1.53. The van der Waals surface area contributed by atoms with Crippen molar-refractivity contribution in [3.8, 4) is 0 Å². The molecule has 1 heterocycles. The van der Waals surface area contributed by atoms with Crippen LogP contribution in [0.4, 0.5) is 0 Å². The first-order valence-corrected chi connectivity index (χ1v) is 7.59. The summed E-state index contributed by atoms with van der Waals surface area (Å²) in [5, 5.41) is 12.0. The van der Waals surface area contributed by atoms with Gasteiger partial charge < -0.3 is 9.84 Å². The molecule has 2 rings (SSSR count). The lowest BCUT2D eigenvalue weighted by Gasteiger charge is -2.22. The van der Waals surface area contributed by atoms with Crippen LogP contribution in [0.1, 0.15) is 6.42 Å². The zero-order valence-corrected chi connectivity index (χ0v) is 11.5. The Kier molecular flexibility index (Phi) is 4.44. The van der Waals surface area contributed by atoms with Crippen molar-refractivity contribution in [1.82, 2.24) is 5.32 Å². The number of carboxylic acids is 1. The standard InChI is InChI=1S/C13H17NO4S/c1-18-12(15)7-11-14-10(13(16)17)8-19(11)9-5-3-2-4-6-9/h2-6,10-11,14,19H,7-8H2,1H3,(H,16,17). The van der Waals surface area contributed by atoms with Gasteiger partial charge >= 0.3 is 11.9 Å². The summed E-state index contributed by atoms with van der Waals surface area (Å²) in [7, 11) is 0.638. The normalized spacial score (nSPS) is 27.9. The van der Waals surface area contributed by atoms with Gasteiger partial charge in [0.25, 0.3) is 0 Å². The van der Waals surface area contributed by atoms with E-state index < -0.39 is 22.9 Å². The van der Waals surface area contributed by atoms with Crippen LogP contribution in [0.2, 0.25) is 0 Å². The van der Waals surface area contributed by atoms with E-state index in [1.165, 1.54) is 7.11 Å². The van der Waals surface area contributed by atoms with Gasteiger partial charge in [0.05, 0.1) is 18.9 Å². The summed E-state index contributed by atoms with van der Waals surface area (Å²) in [6.07, 6.45) is 0.209. The largest absolute Gasteiger partial charge is 0.480 e. The number of ether oxygens (including phenoxy) is 1.